The molecule has 0 fully saturated rings. The first kappa shape index (κ1) is 14.1. The predicted octanol–water partition coefficient (Wildman–Crippen LogP) is 3.55. The lowest BCUT2D eigenvalue weighted by Gasteiger charge is -2.28. The number of anilines is 1. The number of hydrogen-bond acceptors (Lipinski definition) is 2. The van der Waals surface area contributed by atoms with E-state index in [1.165, 1.54) is 25.1 Å². The van der Waals surface area contributed by atoms with Crippen molar-refractivity contribution in [2.24, 2.45) is 0 Å². The number of carboxylic acid groups (broad SMARTS) is 1. The molecule has 104 valence electrons. The number of rotatable bonds is 4. The van der Waals surface area contributed by atoms with Gasteiger partial charge in [0, 0.05) is 5.69 Å². The molecule has 0 aromatic heterocycles. The normalized spacial score (nSPS) is 13.6. The minimum atomic E-state index is -1.39. The minimum Gasteiger partial charge on any atom is -0.479 e. The summed E-state index contributed by atoms with van der Waals surface area (Å²) in [7, 11) is 0. The van der Waals surface area contributed by atoms with Gasteiger partial charge in [0.05, 0.1) is 0 Å². The highest BCUT2D eigenvalue weighted by atomic mass is 19.1. The Morgan fingerprint density at radius 2 is 1.90 bits per heavy atom. The number of halogens is 1. The lowest BCUT2D eigenvalue weighted by Crippen LogP contribution is -2.40. The van der Waals surface area contributed by atoms with E-state index in [2.05, 4.69) is 5.32 Å². The van der Waals surface area contributed by atoms with Crippen LogP contribution in [-0.2, 0) is 10.3 Å². The Labute approximate surface area is 117 Å². The monoisotopic (exact) mass is 273 g/mol. The second-order valence-electron chi connectivity index (χ2n) is 4.93. The van der Waals surface area contributed by atoms with Crippen LogP contribution in [0, 0.1) is 12.7 Å². The second kappa shape index (κ2) is 5.33. The molecule has 4 heteroatoms. The lowest BCUT2D eigenvalue weighted by molar-refractivity contribution is -0.142. The van der Waals surface area contributed by atoms with Gasteiger partial charge in [-0.3, -0.25) is 0 Å². The topological polar surface area (TPSA) is 49.3 Å². The molecule has 3 nitrogen and oxygen atoms in total. The Morgan fingerprint density at radius 3 is 2.50 bits per heavy atom. The fourth-order valence-corrected chi connectivity index (χ4v) is 2.06. The zero-order chi connectivity index (χ0) is 14.8. The van der Waals surface area contributed by atoms with Crippen LogP contribution in [0.4, 0.5) is 10.1 Å². The van der Waals surface area contributed by atoms with Crippen LogP contribution in [0.5, 0.6) is 0 Å². The molecular weight excluding hydrogens is 257 g/mol. The van der Waals surface area contributed by atoms with Gasteiger partial charge < -0.3 is 10.4 Å². The van der Waals surface area contributed by atoms with Gasteiger partial charge in [-0.25, -0.2) is 9.18 Å². The molecule has 2 rings (SSSR count). The highest BCUT2D eigenvalue weighted by Crippen LogP contribution is 2.27. The number of carboxylic acids is 1. The standard InChI is InChI=1S/C16H16FNO2/c1-11-5-3-8-14(9-11)18-16(2,15(19)20)12-6-4-7-13(17)10-12/h3-10,18H,1-2H3,(H,19,20). The predicted molar refractivity (Wildman–Crippen MR) is 76.2 cm³/mol. The third kappa shape index (κ3) is 2.79. The number of nitrogens with one attached hydrogen (secondary N) is 1. The first-order valence-corrected chi connectivity index (χ1v) is 6.26. The van der Waals surface area contributed by atoms with Crippen LogP contribution in [0.1, 0.15) is 18.1 Å². The molecular formula is C16H16FNO2. The molecule has 0 aliphatic rings. The maximum atomic E-state index is 13.3. The summed E-state index contributed by atoms with van der Waals surface area (Å²) < 4.78 is 13.3. The van der Waals surface area contributed by atoms with Gasteiger partial charge in [-0.15, -0.1) is 0 Å². The summed E-state index contributed by atoms with van der Waals surface area (Å²) in [6.07, 6.45) is 0. The van der Waals surface area contributed by atoms with Crippen molar-refractivity contribution in [2.75, 3.05) is 5.32 Å². The van der Waals surface area contributed by atoms with Crippen LogP contribution < -0.4 is 5.32 Å². The summed E-state index contributed by atoms with van der Waals surface area (Å²) in [6, 6.07) is 13.0. The molecule has 2 aromatic carbocycles. The molecule has 0 spiro atoms. The molecule has 0 saturated heterocycles. The van der Waals surface area contributed by atoms with Crippen molar-refractivity contribution in [2.45, 2.75) is 19.4 Å². The molecule has 1 unspecified atom stereocenters. The zero-order valence-electron chi connectivity index (χ0n) is 11.4. The van der Waals surface area contributed by atoms with E-state index in [9.17, 15) is 14.3 Å². The van der Waals surface area contributed by atoms with E-state index in [4.69, 9.17) is 0 Å². The largest absolute Gasteiger partial charge is 0.479 e. The van der Waals surface area contributed by atoms with Crippen LogP contribution in [0.3, 0.4) is 0 Å². The first-order chi connectivity index (χ1) is 9.41. The maximum Gasteiger partial charge on any atom is 0.333 e. The zero-order valence-corrected chi connectivity index (χ0v) is 11.4. The third-order valence-corrected chi connectivity index (χ3v) is 3.24. The van der Waals surface area contributed by atoms with Crippen LogP contribution in [0.2, 0.25) is 0 Å². The summed E-state index contributed by atoms with van der Waals surface area (Å²) in [6.45, 7) is 3.44. The SMILES string of the molecule is Cc1cccc(NC(C)(C(=O)O)c2cccc(F)c2)c1. The van der Waals surface area contributed by atoms with Gasteiger partial charge in [0.2, 0.25) is 0 Å². The molecule has 0 saturated carbocycles. The molecule has 1 atom stereocenters. The van der Waals surface area contributed by atoms with Gasteiger partial charge in [0.25, 0.3) is 0 Å². The van der Waals surface area contributed by atoms with E-state index in [0.29, 0.717) is 11.3 Å². The third-order valence-electron chi connectivity index (χ3n) is 3.24. The Hall–Kier alpha value is -2.36. The Balaban J connectivity index is 2.42. The average Bonchev–Trinajstić information content (AvgIpc) is 2.38. The summed E-state index contributed by atoms with van der Waals surface area (Å²) in [5, 5.41) is 12.5. The molecule has 0 aliphatic carbocycles. The quantitative estimate of drug-likeness (QED) is 0.895. The van der Waals surface area contributed by atoms with E-state index in [-0.39, 0.29) is 0 Å². The molecule has 0 amide bonds. The van der Waals surface area contributed by atoms with Gasteiger partial charge >= 0.3 is 5.97 Å². The number of benzene rings is 2. The molecule has 0 aliphatic heterocycles. The van der Waals surface area contributed by atoms with Crippen molar-refractivity contribution < 1.29 is 14.3 Å². The highest BCUT2D eigenvalue weighted by molar-refractivity contribution is 5.84. The Kier molecular flexibility index (Phi) is 3.74. The molecule has 0 heterocycles. The molecule has 20 heavy (non-hydrogen) atoms. The van der Waals surface area contributed by atoms with Crippen molar-refractivity contribution >= 4 is 11.7 Å². The summed E-state index contributed by atoms with van der Waals surface area (Å²) in [4.78, 5) is 11.6. The molecule has 0 bridgehead atoms. The van der Waals surface area contributed by atoms with Gasteiger partial charge in [-0.1, -0.05) is 24.3 Å². The van der Waals surface area contributed by atoms with Crippen LogP contribution in [0.25, 0.3) is 0 Å². The molecule has 2 aromatic rings. The minimum absolute atomic E-state index is 0.367. The van der Waals surface area contributed by atoms with Crippen LogP contribution >= 0.6 is 0 Å². The number of carbonyl (C=O) groups is 1. The summed E-state index contributed by atoms with van der Waals surface area (Å²) >= 11 is 0. The van der Waals surface area contributed by atoms with Gasteiger partial charge in [-0.05, 0) is 49.2 Å². The number of hydrogen-bond donors (Lipinski definition) is 2. The average molecular weight is 273 g/mol. The Bertz CT molecular complexity index is 642. The highest BCUT2D eigenvalue weighted by Gasteiger charge is 2.35. The fraction of sp³-hybridized carbons (Fsp3) is 0.188. The fourth-order valence-electron chi connectivity index (χ4n) is 2.06. The Morgan fingerprint density at radius 1 is 1.20 bits per heavy atom. The van der Waals surface area contributed by atoms with Crippen LogP contribution in [0.15, 0.2) is 48.5 Å². The van der Waals surface area contributed by atoms with E-state index >= 15 is 0 Å². The van der Waals surface area contributed by atoms with E-state index < -0.39 is 17.3 Å². The van der Waals surface area contributed by atoms with E-state index in [1.807, 2.05) is 25.1 Å². The second-order valence-corrected chi connectivity index (χ2v) is 4.93. The van der Waals surface area contributed by atoms with Gasteiger partial charge in [0.1, 0.15) is 5.82 Å². The van der Waals surface area contributed by atoms with Crippen molar-refractivity contribution in [1.29, 1.82) is 0 Å². The molecule has 2 N–H and O–H groups in total. The maximum absolute atomic E-state index is 13.3. The van der Waals surface area contributed by atoms with Crippen molar-refractivity contribution in [1.82, 2.24) is 0 Å². The number of aryl methyl sites for hydroxylation is 1. The van der Waals surface area contributed by atoms with E-state index in [1.54, 1.807) is 12.1 Å². The first-order valence-electron chi connectivity index (χ1n) is 6.26. The van der Waals surface area contributed by atoms with Crippen molar-refractivity contribution in [3.8, 4) is 0 Å². The smallest absolute Gasteiger partial charge is 0.333 e. The van der Waals surface area contributed by atoms with Crippen molar-refractivity contribution in [3.05, 3.63) is 65.5 Å². The van der Waals surface area contributed by atoms with Gasteiger partial charge in [-0.2, -0.15) is 0 Å². The van der Waals surface area contributed by atoms with Gasteiger partial charge in [0.15, 0.2) is 5.54 Å². The summed E-state index contributed by atoms with van der Waals surface area (Å²) in [5.41, 5.74) is 0.670. The van der Waals surface area contributed by atoms with E-state index in [0.717, 1.165) is 5.56 Å². The molecule has 0 radical (unpaired) electrons. The summed E-state index contributed by atoms with van der Waals surface area (Å²) in [5.74, 6) is -1.52. The van der Waals surface area contributed by atoms with Crippen LogP contribution in [-0.4, -0.2) is 11.1 Å². The van der Waals surface area contributed by atoms with Crippen molar-refractivity contribution in [3.63, 3.8) is 0 Å². The number of aliphatic carboxylic acids is 1. The lowest BCUT2D eigenvalue weighted by atomic mass is 9.91.